The van der Waals surface area contributed by atoms with Gasteiger partial charge in [0, 0.05) is 11.7 Å². The van der Waals surface area contributed by atoms with E-state index < -0.39 is 23.1 Å². The van der Waals surface area contributed by atoms with Crippen LogP contribution in [0.1, 0.15) is 35.2 Å². The van der Waals surface area contributed by atoms with E-state index in [2.05, 4.69) is 30.4 Å². The van der Waals surface area contributed by atoms with Gasteiger partial charge in [-0.15, -0.1) is 0 Å². The van der Waals surface area contributed by atoms with Crippen molar-refractivity contribution in [1.29, 1.82) is 0 Å². The van der Waals surface area contributed by atoms with E-state index in [1.54, 1.807) is 6.07 Å². The van der Waals surface area contributed by atoms with Crippen LogP contribution in [0.2, 0.25) is 5.02 Å². The van der Waals surface area contributed by atoms with Crippen LogP contribution in [0.3, 0.4) is 0 Å². The summed E-state index contributed by atoms with van der Waals surface area (Å²) in [5.74, 6) is -2.87. The summed E-state index contributed by atoms with van der Waals surface area (Å²) >= 11 is 5.66. The summed E-state index contributed by atoms with van der Waals surface area (Å²) in [6, 6.07) is 9.89. The minimum Gasteiger partial charge on any atom is -0.322 e. The smallest absolute Gasteiger partial charge is 0.261 e. The van der Waals surface area contributed by atoms with Crippen LogP contribution in [-0.4, -0.2) is 30.9 Å². The lowest BCUT2D eigenvalue weighted by Crippen LogP contribution is -2.28. The molecule has 1 aliphatic carbocycles. The number of hydrogen-bond donors (Lipinski definition) is 1. The number of halogens is 3. The highest BCUT2D eigenvalue weighted by atomic mass is 35.5. The van der Waals surface area contributed by atoms with E-state index in [-0.39, 0.29) is 5.02 Å². The number of amides is 1. The van der Waals surface area contributed by atoms with Crippen molar-refractivity contribution in [1.82, 2.24) is 4.90 Å². The first-order chi connectivity index (χ1) is 12.9. The van der Waals surface area contributed by atoms with Crippen molar-refractivity contribution in [3.63, 3.8) is 0 Å². The molecule has 2 aromatic rings. The van der Waals surface area contributed by atoms with Gasteiger partial charge >= 0.3 is 0 Å². The van der Waals surface area contributed by atoms with Crippen molar-refractivity contribution in [3.8, 4) is 0 Å². The van der Waals surface area contributed by atoms with Gasteiger partial charge in [-0.3, -0.25) is 4.79 Å². The van der Waals surface area contributed by atoms with Gasteiger partial charge in [0.1, 0.15) is 11.4 Å². The highest BCUT2D eigenvalue weighted by Crippen LogP contribution is 2.30. The van der Waals surface area contributed by atoms with Crippen LogP contribution >= 0.6 is 11.6 Å². The Morgan fingerprint density at radius 3 is 2.67 bits per heavy atom. The van der Waals surface area contributed by atoms with Crippen molar-refractivity contribution < 1.29 is 13.6 Å². The summed E-state index contributed by atoms with van der Waals surface area (Å²) in [5.41, 5.74) is 2.01. The van der Waals surface area contributed by atoms with Crippen molar-refractivity contribution in [2.24, 2.45) is 0 Å². The van der Waals surface area contributed by atoms with Crippen molar-refractivity contribution in [2.75, 3.05) is 19.4 Å². The maximum Gasteiger partial charge on any atom is 0.261 e. The largest absolute Gasteiger partial charge is 0.322 e. The lowest BCUT2D eigenvalue weighted by molar-refractivity contribution is 0.101. The first-order valence-electron chi connectivity index (χ1n) is 8.77. The first kappa shape index (κ1) is 19.5. The SMILES string of the molecule is CN(C)C1CC=C(c2cccc(NC(=O)c3c(F)ccc(Cl)c3F)c2)CC1. The molecule has 0 fully saturated rings. The Hall–Kier alpha value is -2.24. The third-order valence-electron chi connectivity index (χ3n) is 4.88. The molecule has 1 aliphatic rings. The second-order valence-corrected chi connectivity index (χ2v) is 7.28. The number of anilines is 1. The number of hydrogen-bond acceptors (Lipinski definition) is 2. The molecule has 27 heavy (non-hydrogen) atoms. The Morgan fingerprint density at radius 2 is 2.00 bits per heavy atom. The fraction of sp³-hybridized carbons (Fsp3) is 0.286. The molecule has 142 valence electrons. The number of carbonyl (C=O) groups excluding carboxylic acids is 1. The Labute approximate surface area is 162 Å². The van der Waals surface area contributed by atoms with Crippen LogP contribution in [0, 0.1) is 11.6 Å². The molecule has 1 unspecified atom stereocenters. The molecule has 1 atom stereocenters. The van der Waals surface area contributed by atoms with Gasteiger partial charge < -0.3 is 10.2 Å². The summed E-state index contributed by atoms with van der Waals surface area (Å²) in [6.45, 7) is 0. The molecule has 0 radical (unpaired) electrons. The molecular weight excluding hydrogens is 370 g/mol. The zero-order chi connectivity index (χ0) is 19.6. The second kappa shape index (κ2) is 8.19. The van der Waals surface area contributed by atoms with E-state index in [1.807, 2.05) is 18.2 Å². The van der Waals surface area contributed by atoms with Gasteiger partial charge in [-0.1, -0.05) is 29.8 Å². The highest BCUT2D eigenvalue weighted by molar-refractivity contribution is 6.31. The molecule has 1 amide bonds. The van der Waals surface area contributed by atoms with E-state index >= 15 is 0 Å². The van der Waals surface area contributed by atoms with Gasteiger partial charge in [0.2, 0.25) is 0 Å². The van der Waals surface area contributed by atoms with E-state index in [1.165, 1.54) is 5.57 Å². The monoisotopic (exact) mass is 390 g/mol. The Bertz CT molecular complexity index is 896. The van der Waals surface area contributed by atoms with Crippen LogP contribution in [0.5, 0.6) is 0 Å². The van der Waals surface area contributed by atoms with E-state index in [9.17, 15) is 13.6 Å². The molecule has 0 aliphatic heterocycles. The maximum absolute atomic E-state index is 14.0. The molecule has 0 saturated heterocycles. The van der Waals surface area contributed by atoms with E-state index in [0.717, 1.165) is 37.0 Å². The third-order valence-corrected chi connectivity index (χ3v) is 5.17. The summed E-state index contributed by atoms with van der Waals surface area (Å²) in [4.78, 5) is 14.6. The molecule has 0 aromatic heterocycles. The molecule has 3 rings (SSSR count). The fourth-order valence-corrected chi connectivity index (χ4v) is 3.43. The zero-order valence-corrected chi connectivity index (χ0v) is 16.0. The molecule has 0 spiro atoms. The van der Waals surface area contributed by atoms with Crippen LogP contribution < -0.4 is 5.32 Å². The molecule has 0 saturated carbocycles. The average molecular weight is 391 g/mol. The number of allylic oxidation sites excluding steroid dienone is 1. The first-order valence-corrected chi connectivity index (χ1v) is 9.15. The highest BCUT2D eigenvalue weighted by Gasteiger charge is 2.21. The van der Waals surface area contributed by atoms with Gasteiger partial charge in [0.25, 0.3) is 5.91 Å². The molecular formula is C21H21ClF2N2O. The van der Waals surface area contributed by atoms with Gasteiger partial charge in [-0.25, -0.2) is 8.78 Å². The fourth-order valence-electron chi connectivity index (χ4n) is 3.28. The summed E-state index contributed by atoms with van der Waals surface area (Å²) in [7, 11) is 4.15. The minimum atomic E-state index is -1.06. The quantitative estimate of drug-likeness (QED) is 0.712. The number of nitrogens with zero attached hydrogens (tertiary/aromatic N) is 1. The predicted octanol–water partition coefficient (Wildman–Crippen LogP) is 5.37. The molecule has 6 heteroatoms. The van der Waals surface area contributed by atoms with Gasteiger partial charge in [0.15, 0.2) is 5.82 Å². The van der Waals surface area contributed by atoms with Crippen LogP contribution in [0.15, 0.2) is 42.5 Å². The number of carbonyl (C=O) groups is 1. The molecule has 2 aromatic carbocycles. The topological polar surface area (TPSA) is 32.3 Å². The standard InChI is InChI=1S/C21H21ClF2N2O/c1-26(2)16-8-6-13(7-9-16)14-4-3-5-15(12-14)25-21(27)19-18(23)11-10-17(22)20(19)24/h3-6,10-12,16H,7-9H2,1-2H3,(H,25,27). The number of benzene rings is 2. The average Bonchev–Trinajstić information content (AvgIpc) is 2.65. The Morgan fingerprint density at radius 1 is 1.22 bits per heavy atom. The lowest BCUT2D eigenvalue weighted by atomic mass is 9.90. The molecule has 0 bridgehead atoms. The number of rotatable bonds is 4. The summed E-state index contributed by atoms with van der Waals surface area (Å²) in [5, 5.41) is 2.27. The zero-order valence-electron chi connectivity index (χ0n) is 15.2. The van der Waals surface area contributed by atoms with Crippen molar-refractivity contribution in [2.45, 2.75) is 25.3 Å². The Kier molecular flexibility index (Phi) is 5.92. The normalized spacial score (nSPS) is 17.0. The van der Waals surface area contributed by atoms with E-state index in [0.29, 0.717) is 11.7 Å². The lowest BCUT2D eigenvalue weighted by Gasteiger charge is -2.27. The molecule has 3 nitrogen and oxygen atoms in total. The third kappa shape index (κ3) is 4.37. The summed E-state index contributed by atoms with van der Waals surface area (Å²) in [6.07, 6.45) is 5.19. The van der Waals surface area contributed by atoms with Crippen LogP contribution in [-0.2, 0) is 0 Å². The molecule has 0 heterocycles. The van der Waals surface area contributed by atoms with Crippen molar-refractivity contribution in [3.05, 3.63) is 70.3 Å². The predicted molar refractivity (Wildman–Crippen MR) is 105 cm³/mol. The second-order valence-electron chi connectivity index (χ2n) is 6.87. The maximum atomic E-state index is 14.0. The van der Waals surface area contributed by atoms with Gasteiger partial charge in [-0.05, 0) is 68.8 Å². The molecule has 1 N–H and O–H groups in total. The summed E-state index contributed by atoms with van der Waals surface area (Å²) < 4.78 is 27.9. The van der Waals surface area contributed by atoms with Gasteiger partial charge in [0.05, 0.1) is 5.02 Å². The van der Waals surface area contributed by atoms with E-state index in [4.69, 9.17) is 11.6 Å². The van der Waals surface area contributed by atoms with Crippen molar-refractivity contribution >= 4 is 28.8 Å². The van der Waals surface area contributed by atoms with Crippen LogP contribution in [0.25, 0.3) is 5.57 Å². The van der Waals surface area contributed by atoms with Gasteiger partial charge in [-0.2, -0.15) is 0 Å². The Balaban J connectivity index is 1.79. The minimum absolute atomic E-state index is 0.293. The number of nitrogens with one attached hydrogen (secondary N) is 1. The van der Waals surface area contributed by atoms with Crippen LogP contribution in [0.4, 0.5) is 14.5 Å².